The molecule has 0 bridgehead atoms. The third-order valence-electron chi connectivity index (χ3n) is 2.75. The fourth-order valence-corrected chi connectivity index (χ4v) is 1.83. The van der Waals surface area contributed by atoms with Crippen molar-refractivity contribution in [2.75, 3.05) is 20.8 Å². The van der Waals surface area contributed by atoms with Gasteiger partial charge >= 0.3 is 0 Å². The summed E-state index contributed by atoms with van der Waals surface area (Å²) in [4.78, 5) is 12.1. The highest BCUT2D eigenvalue weighted by molar-refractivity contribution is 5.97. The monoisotopic (exact) mass is 251 g/mol. The lowest BCUT2D eigenvalue weighted by Crippen LogP contribution is -2.28. The molecule has 0 aliphatic carbocycles. The van der Waals surface area contributed by atoms with E-state index in [-0.39, 0.29) is 11.8 Å². The molecule has 0 spiro atoms. The van der Waals surface area contributed by atoms with Gasteiger partial charge in [-0.1, -0.05) is 6.92 Å². The molecule has 0 saturated heterocycles. The second kappa shape index (κ2) is 7.01. The fourth-order valence-electron chi connectivity index (χ4n) is 1.83. The molecule has 1 N–H and O–H groups in total. The van der Waals surface area contributed by atoms with Crippen LogP contribution < -0.4 is 14.8 Å². The van der Waals surface area contributed by atoms with Gasteiger partial charge in [-0.15, -0.1) is 0 Å². The van der Waals surface area contributed by atoms with Crippen LogP contribution in [0.1, 0.15) is 30.6 Å². The van der Waals surface area contributed by atoms with Crippen molar-refractivity contribution in [2.45, 2.75) is 26.3 Å². The van der Waals surface area contributed by atoms with Gasteiger partial charge < -0.3 is 14.8 Å². The number of nitrogens with one attached hydrogen (secondary N) is 1. The maximum absolute atomic E-state index is 12.1. The summed E-state index contributed by atoms with van der Waals surface area (Å²) in [6, 6.07) is 5.42. The summed E-state index contributed by atoms with van der Waals surface area (Å²) in [7, 11) is 3.14. The third-order valence-corrected chi connectivity index (χ3v) is 2.75. The number of benzene rings is 1. The standard InChI is InChI=1S/C14H21NO3/c1-5-15-10(2)8-12(16)11-6-7-13(17-3)14(9-11)18-4/h6-7,9-10,15H,5,8H2,1-4H3. The van der Waals surface area contributed by atoms with Crippen molar-refractivity contribution in [3.05, 3.63) is 23.8 Å². The Morgan fingerprint density at radius 2 is 1.94 bits per heavy atom. The van der Waals surface area contributed by atoms with Crippen LogP contribution in [0.3, 0.4) is 0 Å². The Morgan fingerprint density at radius 1 is 1.28 bits per heavy atom. The number of ether oxygens (including phenoxy) is 2. The Balaban J connectivity index is 2.80. The van der Waals surface area contributed by atoms with Crippen LogP contribution in [0.4, 0.5) is 0 Å². The minimum absolute atomic E-state index is 0.101. The molecule has 0 fully saturated rings. The molecule has 1 aromatic rings. The van der Waals surface area contributed by atoms with E-state index in [1.807, 2.05) is 13.8 Å². The van der Waals surface area contributed by atoms with Crippen LogP contribution in [-0.2, 0) is 0 Å². The summed E-state index contributed by atoms with van der Waals surface area (Å²) in [5.74, 6) is 1.32. The summed E-state index contributed by atoms with van der Waals surface area (Å²) in [5, 5.41) is 3.22. The number of carbonyl (C=O) groups is 1. The van der Waals surface area contributed by atoms with Gasteiger partial charge in [-0.05, 0) is 31.7 Å². The van der Waals surface area contributed by atoms with E-state index in [9.17, 15) is 4.79 Å². The SMILES string of the molecule is CCNC(C)CC(=O)c1ccc(OC)c(OC)c1. The van der Waals surface area contributed by atoms with E-state index in [4.69, 9.17) is 9.47 Å². The van der Waals surface area contributed by atoms with Gasteiger partial charge in [0, 0.05) is 18.0 Å². The zero-order valence-corrected chi connectivity index (χ0v) is 11.4. The van der Waals surface area contributed by atoms with E-state index < -0.39 is 0 Å². The van der Waals surface area contributed by atoms with Crippen molar-refractivity contribution in [3.8, 4) is 11.5 Å². The minimum atomic E-state index is 0.101. The van der Waals surface area contributed by atoms with Crippen LogP contribution >= 0.6 is 0 Å². The van der Waals surface area contributed by atoms with E-state index in [1.54, 1.807) is 32.4 Å². The first-order chi connectivity index (χ1) is 8.62. The zero-order valence-electron chi connectivity index (χ0n) is 11.4. The molecule has 0 aromatic heterocycles. The van der Waals surface area contributed by atoms with Gasteiger partial charge in [0.15, 0.2) is 17.3 Å². The lowest BCUT2D eigenvalue weighted by atomic mass is 10.0. The quantitative estimate of drug-likeness (QED) is 0.755. The molecular formula is C14H21NO3. The molecule has 0 aliphatic rings. The van der Waals surface area contributed by atoms with Crippen molar-refractivity contribution < 1.29 is 14.3 Å². The van der Waals surface area contributed by atoms with Gasteiger partial charge in [0.2, 0.25) is 0 Å². The van der Waals surface area contributed by atoms with Crippen molar-refractivity contribution >= 4 is 5.78 Å². The smallest absolute Gasteiger partial charge is 0.164 e. The van der Waals surface area contributed by atoms with Gasteiger partial charge in [-0.2, -0.15) is 0 Å². The second-order valence-corrected chi connectivity index (χ2v) is 4.16. The first kappa shape index (κ1) is 14.5. The Labute approximate surface area is 108 Å². The van der Waals surface area contributed by atoms with Crippen LogP contribution in [0.2, 0.25) is 0 Å². The maximum atomic E-state index is 12.1. The number of carbonyl (C=O) groups excluding carboxylic acids is 1. The molecule has 1 atom stereocenters. The number of hydrogen-bond donors (Lipinski definition) is 1. The first-order valence-electron chi connectivity index (χ1n) is 6.11. The fraction of sp³-hybridized carbons (Fsp3) is 0.500. The Bertz CT molecular complexity index is 404. The van der Waals surface area contributed by atoms with E-state index >= 15 is 0 Å². The second-order valence-electron chi connectivity index (χ2n) is 4.16. The molecular weight excluding hydrogens is 230 g/mol. The highest BCUT2D eigenvalue weighted by atomic mass is 16.5. The van der Waals surface area contributed by atoms with E-state index in [0.29, 0.717) is 23.5 Å². The van der Waals surface area contributed by atoms with Crippen LogP contribution in [0.25, 0.3) is 0 Å². The van der Waals surface area contributed by atoms with Crippen molar-refractivity contribution in [3.63, 3.8) is 0 Å². The largest absolute Gasteiger partial charge is 0.493 e. The predicted molar refractivity (Wildman–Crippen MR) is 71.6 cm³/mol. The number of methoxy groups -OCH3 is 2. The predicted octanol–water partition coefficient (Wildman–Crippen LogP) is 2.27. The topological polar surface area (TPSA) is 47.6 Å². The van der Waals surface area contributed by atoms with Crippen molar-refractivity contribution in [1.29, 1.82) is 0 Å². The maximum Gasteiger partial charge on any atom is 0.164 e. The van der Waals surface area contributed by atoms with E-state index in [2.05, 4.69) is 5.32 Å². The molecule has 1 aromatic carbocycles. The van der Waals surface area contributed by atoms with Crippen LogP contribution in [0, 0.1) is 0 Å². The molecule has 4 nitrogen and oxygen atoms in total. The summed E-state index contributed by atoms with van der Waals surface area (Å²) in [6.07, 6.45) is 0.476. The molecule has 100 valence electrons. The number of rotatable bonds is 7. The highest BCUT2D eigenvalue weighted by Crippen LogP contribution is 2.28. The summed E-state index contributed by atoms with van der Waals surface area (Å²) in [5.41, 5.74) is 0.650. The Kier molecular flexibility index (Phi) is 5.65. The Hall–Kier alpha value is -1.55. The number of hydrogen-bond acceptors (Lipinski definition) is 4. The van der Waals surface area contributed by atoms with Gasteiger partial charge in [0.25, 0.3) is 0 Å². The van der Waals surface area contributed by atoms with E-state index in [0.717, 1.165) is 6.54 Å². The molecule has 0 saturated carbocycles. The van der Waals surface area contributed by atoms with Gasteiger partial charge in [-0.3, -0.25) is 4.79 Å². The minimum Gasteiger partial charge on any atom is -0.493 e. The average Bonchev–Trinajstić information content (AvgIpc) is 2.38. The molecule has 0 aliphatic heterocycles. The third kappa shape index (κ3) is 3.74. The summed E-state index contributed by atoms with van der Waals surface area (Å²) in [6.45, 7) is 4.89. The zero-order chi connectivity index (χ0) is 13.5. The van der Waals surface area contributed by atoms with Crippen molar-refractivity contribution in [1.82, 2.24) is 5.32 Å². The Morgan fingerprint density at radius 3 is 2.50 bits per heavy atom. The first-order valence-corrected chi connectivity index (χ1v) is 6.11. The molecule has 0 amide bonds. The number of ketones is 1. The highest BCUT2D eigenvalue weighted by Gasteiger charge is 2.13. The lowest BCUT2D eigenvalue weighted by molar-refractivity contribution is 0.0971. The average molecular weight is 251 g/mol. The normalized spacial score (nSPS) is 12.0. The van der Waals surface area contributed by atoms with Crippen molar-refractivity contribution in [2.24, 2.45) is 0 Å². The molecule has 1 unspecified atom stereocenters. The van der Waals surface area contributed by atoms with Gasteiger partial charge in [-0.25, -0.2) is 0 Å². The van der Waals surface area contributed by atoms with Crippen LogP contribution in [0.15, 0.2) is 18.2 Å². The summed E-state index contributed by atoms with van der Waals surface area (Å²) < 4.78 is 10.3. The van der Waals surface area contributed by atoms with Crippen LogP contribution in [-0.4, -0.2) is 32.6 Å². The van der Waals surface area contributed by atoms with E-state index in [1.165, 1.54) is 0 Å². The molecule has 4 heteroatoms. The lowest BCUT2D eigenvalue weighted by Gasteiger charge is -2.12. The van der Waals surface area contributed by atoms with Gasteiger partial charge in [0.1, 0.15) is 0 Å². The van der Waals surface area contributed by atoms with Gasteiger partial charge in [0.05, 0.1) is 14.2 Å². The van der Waals surface area contributed by atoms with Crippen LogP contribution in [0.5, 0.6) is 11.5 Å². The molecule has 0 radical (unpaired) electrons. The number of Topliss-reactive ketones (excluding diaryl/α,β-unsaturated/α-hetero) is 1. The summed E-state index contributed by atoms with van der Waals surface area (Å²) >= 11 is 0. The molecule has 1 rings (SSSR count). The molecule has 18 heavy (non-hydrogen) atoms. The molecule has 0 heterocycles.